The Hall–Kier alpha value is -2.58. The number of ether oxygens (including phenoxy) is 1. The number of amides is 3. The molecule has 0 fully saturated rings. The third-order valence-corrected chi connectivity index (χ3v) is 5.14. The van der Waals surface area contributed by atoms with E-state index in [1.54, 1.807) is 42.5 Å². The van der Waals surface area contributed by atoms with Crippen molar-refractivity contribution in [1.82, 2.24) is 10.9 Å². The highest BCUT2D eigenvalue weighted by molar-refractivity contribution is 9.10. The van der Waals surface area contributed by atoms with E-state index in [0.717, 1.165) is 6.42 Å². The standard InChI is InChI=1S/C22H25BrClN3O4/c1-14(2)11-12-31-19-8-7-15(13-16(19)23)22(30)27-26-21(29)10-9-20(28)25-18-6-4-3-5-17(18)24/h3-8,13-14H,9-12H2,1-2H3,(H,25,28)(H,26,29)(H,27,30). The van der Waals surface area contributed by atoms with Gasteiger partial charge in [-0.15, -0.1) is 0 Å². The van der Waals surface area contributed by atoms with Crippen molar-refractivity contribution in [2.75, 3.05) is 11.9 Å². The van der Waals surface area contributed by atoms with E-state index in [1.165, 1.54) is 0 Å². The van der Waals surface area contributed by atoms with Gasteiger partial charge in [-0.05, 0) is 58.6 Å². The Bertz CT molecular complexity index is 937. The SMILES string of the molecule is CC(C)CCOc1ccc(C(=O)NNC(=O)CCC(=O)Nc2ccccc2Cl)cc1Br. The molecule has 3 N–H and O–H groups in total. The van der Waals surface area contributed by atoms with Crippen LogP contribution in [0.3, 0.4) is 0 Å². The Labute approximate surface area is 195 Å². The molecular weight excluding hydrogens is 486 g/mol. The number of rotatable bonds is 9. The monoisotopic (exact) mass is 509 g/mol. The van der Waals surface area contributed by atoms with E-state index >= 15 is 0 Å². The van der Waals surface area contributed by atoms with Gasteiger partial charge >= 0.3 is 0 Å². The molecule has 166 valence electrons. The van der Waals surface area contributed by atoms with E-state index < -0.39 is 11.8 Å². The minimum atomic E-state index is -0.490. The first-order valence-electron chi connectivity index (χ1n) is 9.82. The number of hydrogen-bond donors (Lipinski definition) is 3. The molecule has 0 spiro atoms. The second-order valence-corrected chi connectivity index (χ2v) is 8.47. The molecule has 2 aromatic carbocycles. The fraction of sp³-hybridized carbons (Fsp3) is 0.318. The number of carbonyl (C=O) groups is 3. The van der Waals surface area contributed by atoms with Gasteiger partial charge in [-0.1, -0.05) is 37.6 Å². The smallest absolute Gasteiger partial charge is 0.269 e. The van der Waals surface area contributed by atoms with E-state index in [9.17, 15) is 14.4 Å². The number of hydrogen-bond acceptors (Lipinski definition) is 4. The molecule has 0 atom stereocenters. The molecule has 3 amide bonds. The van der Waals surface area contributed by atoms with Gasteiger partial charge in [0.25, 0.3) is 5.91 Å². The van der Waals surface area contributed by atoms with Crippen molar-refractivity contribution in [3.8, 4) is 5.75 Å². The number of nitrogens with one attached hydrogen (secondary N) is 3. The summed E-state index contributed by atoms with van der Waals surface area (Å²) < 4.78 is 6.34. The Balaban J connectivity index is 1.76. The van der Waals surface area contributed by atoms with Crippen LogP contribution in [0.1, 0.15) is 43.5 Å². The van der Waals surface area contributed by atoms with Gasteiger partial charge in [-0.3, -0.25) is 25.2 Å². The lowest BCUT2D eigenvalue weighted by atomic mass is 10.1. The van der Waals surface area contributed by atoms with Crippen molar-refractivity contribution >= 4 is 50.9 Å². The lowest BCUT2D eigenvalue weighted by Crippen LogP contribution is -2.41. The Morgan fingerprint density at radius 2 is 1.74 bits per heavy atom. The number of hydrazine groups is 1. The Morgan fingerprint density at radius 3 is 2.42 bits per heavy atom. The number of para-hydroxylation sites is 1. The summed E-state index contributed by atoms with van der Waals surface area (Å²) in [6.07, 6.45) is 0.779. The maximum atomic E-state index is 12.3. The molecule has 2 rings (SSSR count). The quantitative estimate of drug-likeness (QED) is 0.426. The first kappa shape index (κ1) is 24.7. The normalized spacial score (nSPS) is 10.5. The highest BCUT2D eigenvalue weighted by Gasteiger charge is 2.12. The largest absolute Gasteiger partial charge is 0.492 e. The summed E-state index contributed by atoms with van der Waals surface area (Å²) in [6, 6.07) is 11.7. The van der Waals surface area contributed by atoms with Crippen LogP contribution in [0.5, 0.6) is 5.75 Å². The molecule has 0 aliphatic rings. The van der Waals surface area contributed by atoms with Crippen molar-refractivity contribution in [1.29, 1.82) is 0 Å². The van der Waals surface area contributed by atoms with Crippen LogP contribution in [0.4, 0.5) is 5.69 Å². The molecule has 0 aliphatic carbocycles. The Kier molecular flexibility index (Phi) is 9.81. The van der Waals surface area contributed by atoms with Crippen LogP contribution in [0, 0.1) is 5.92 Å². The van der Waals surface area contributed by atoms with Crippen molar-refractivity contribution in [2.45, 2.75) is 33.1 Å². The zero-order chi connectivity index (χ0) is 22.8. The maximum Gasteiger partial charge on any atom is 0.269 e. The second kappa shape index (κ2) is 12.3. The molecule has 0 unspecified atom stereocenters. The van der Waals surface area contributed by atoms with Crippen LogP contribution < -0.4 is 20.9 Å². The molecule has 0 aromatic heterocycles. The third kappa shape index (κ3) is 8.59. The first-order chi connectivity index (χ1) is 14.8. The van der Waals surface area contributed by atoms with Crippen LogP contribution in [-0.2, 0) is 9.59 Å². The summed E-state index contributed by atoms with van der Waals surface area (Å²) in [5, 5.41) is 3.05. The van der Waals surface area contributed by atoms with E-state index in [2.05, 4.69) is 45.9 Å². The molecule has 0 saturated carbocycles. The third-order valence-electron chi connectivity index (χ3n) is 4.19. The maximum absolute atomic E-state index is 12.3. The van der Waals surface area contributed by atoms with E-state index in [1.807, 2.05) is 0 Å². The summed E-state index contributed by atoms with van der Waals surface area (Å²) >= 11 is 9.37. The van der Waals surface area contributed by atoms with Crippen LogP contribution in [0.2, 0.25) is 5.02 Å². The van der Waals surface area contributed by atoms with Crippen molar-refractivity contribution in [2.24, 2.45) is 5.92 Å². The zero-order valence-corrected chi connectivity index (χ0v) is 19.7. The zero-order valence-electron chi connectivity index (χ0n) is 17.3. The van der Waals surface area contributed by atoms with Crippen LogP contribution in [0.25, 0.3) is 0 Å². The van der Waals surface area contributed by atoms with Gasteiger partial charge in [0, 0.05) is 18.4 Å². The molecule has 0 radical (unpaired) electrons. The molecule has 0 aliphatic heterocycles. The number of anilines is 1. The van der Waals surface area contributed by atoms with Gasteiger partial charge in [-0.25, -0.2) is 0 Å². The average Bonchev–Trinajstić information content (AvgIpc) is 2.73. The van der Waals surface area contributed by atoms with E-state index in [0.29, 0.717) is 39.0 Å². The molecule has 31 heavy (non-hydrogen) atoms. The van der Waals surface area contributed by atoms with Gasteiger partial charge in [0.1, 0.15) is 5.75 Å². The fourth-order valence-corrected chi connectivity index (χ4v) is 3.10. The van der Waals surface area contributed by atoms with Crippen molar-refractivity contribution in [3.63, 3.8) is 0 Å². The highest BCUT2D eigenvalue weighted by Crippen LogP contribution is 2.26. The molecule has 0 saturated heterocycles. The minimum Gasteiger partial charge on any atom is -0.492 e. The van der Waals surface area contributed by atoms with Gasteiger partial charge in [0.15, 0.2) is 0 Å². The molecular formula is C22H25BrClN3O4. The number of benzene rings is 2. The van der Waals surface area contributed by atoms with E-state index in [-0.39, 0.29) is 18.7 Å². The van der Waals surface area contributed by atoms with Crippen LogP contribution >= 0.6 is 27.5 Å². The first-order valence-corrected chi connectivity index (χ1v) is 11.0. The topological polar surface area (TPSA) is 96.5 Å². The summed E-state index contributed by atoms with van der Waals surface area (Å²) in [4.78, 5) is 36.1. The summed E-state index contributed by atoms with van der Waals surface area (Å²) in [7, 11) is 0. The molecule has 7 nitrogen and oxygen atoms in total. The summed E-state index contributed by atoms with van der Waals surface area (Å²) in [5.41, 5.74) is 5.46. The van der Waals surface area contributed by atoms with Gasteiger partial charge in [-0.2, -0.15) is 0 Å². The van der Waals surface area contributed by atoms with E-state index in [4.69, 9.17) is 16.3 Å². The van der Waals surface area contributed by atoms with Crippen molar-refractivity contribution in [3.05, 3.63) is 57.5 Å². The molecule has 0 heterocycles. The number of carbonyl (C=O) groups excluding carboxylic acids is 3. The molecule has 2 aromatic rings. The molecule has 0 bridgehead atoms. The number of halogens is 2. The molecule has 9 heteroatoms. The van der Waals surface area contributed by atoms with Crippen molar-refractivity contribution < 1.29 is 19.1 Å². The summed E-state index contributed by atoms with van der Waals surface area (Å²) in [5.74, 6) is -0.148. The van der Waals surface area contributed by atoms with Gasteiger partial charge < -0.3 is 10.1 Å². The highest BCUT2D eigenvalue weighted by atomic mass is 79.9. The van der Waals surface area contributed by atoms with Gasteiger partial charge in [0.2, 0.25) is 11.8 Å². The Morgan fingerprint density at radius 1 is 1.03 bits per heavy atom. The lowest BCUT2D eigenvalue weighted by molar-refractivity contribution is -0.124. The lowest BCUT2D eigenvalue weighted by Gasteiger charge is -2.12. The van der Waals surface area contributed by atoms with Crippen LogP contribution in [-0.4, -0.2) is 24.3 Å². The predicted molar refractivity (Wildman–Crippen MR) is 124 cm³/mol. The fourth-order valence-electron chi connectivity index (χ4n) is 2.43. The summed E-state index contributed by atoms with van der Waals surface area (Å²) in [6.45, 7) is 4.82. The second-order valence-electron chi connectivity index (χ2n) is 7.21. The van der Waals surface area contributed by atoms with Gasteiger partial charge in [0.05, 0.1) is 21.8 Å². The van der Waals surface area contributed by atoms with Crippen LogP contribution in [0.15, 0.2) is 46.9 Å². The predicted octanol–water partition coefficient (Wildman–Crippen LogP) is 4.71. The minimum absolute atomic E-state index is 0.0547. The average molecular weight is 511 g/mol.